The van der Waals surface area contributed by atoms with Gasteiger partial charge < -0.3 is 23.9 Å². The third kappa shape index (κ3) is 4.43. The summed E-state index contributed by atoms with van der Waals surface area (Å²) in [5, 5.41) is 3.40. The van der Waals surface area contributed by atoms with Crippen molar-refractivity contribution >= 4 is 11.8 Å². The minimum absolute atomic E-state index is 0.00116. The Labute approximate surface area is 211 Å². The van der Waals surface area contributed by atoms with E-state index < -0.39 is 5.92 Å². The van der Waals surface area contributed by atoms with Gasteiger partial charge in [0, 0.05) is 23.4 Å². The Hall–Kier alpha value is -3.48. The molecule has 2 aromatic rings. The maximum Gasteiger partial charge on any atom is 0.337 e. The van der Waals surface area contributed by atoms with Crippen LogP contribution in [0.2, 0.25) is 0 Å². The van der Waals surface area contributed by atoms with Crippen LogP contribution < -0.4 is 14.8 Å². The van der Waals surface area contributed by atoms with Crippen LogP contribution in [0.15, 0.2) is 57.3 Å². The number of ether oxygens (including phenoxy) is 3. The van der Waals surface area contributed by atoms with E-state index in [2.05, 4.69) is 5.32 Å². The summed E-state index contributed by atoms with van der Waals surface area (Å²) in [7, 11) is 3.21. The van der Waals surface area contributed by atoms with Crippen LogP contribution in [0, 0.1) is 6.92 Å². The number of allylic oxidation sites excluding steroid dienone is 3. The molecule has 1 saturated carbocycles. The van der Waals surface area contributed by atoms with Crippen molar-refractivity contribution in [1.82, 2.24) is 5.32 Å². The van der Waals surface area contributed by atoms with E-state index >= 15 is 0 Å². The molecule has 7 nitrogen and oxygen atoms in total. The summed E-state index contributed by atoms with van der Waals surface area (Å²) in [6, 6.07) is 9.51. The predicted molar refractivity (Wildman–Crippen MR) is 134 cm³/mol. The highest BCUT2D eigenvalue weighted by Crippen LogP contribution is 2.47. The Kier molecular flexibility index (Phi) is 6.65. The Balaban J connectivity index is 1.51. The number of Topliss-reactive ketones (excluding diaryl/α,β-unsaturated/α-hetero) is 1. The van der Waals surface area contributed by atoms with Crippen molar-refractivity contribution in [3.05, 3.63) is 70.0 Å². The molecule has 0 radical (unpaired) electrons. The number of benzene rings is 1. The van der Waals surface area contributed by atoms with Crippen molar-refractivity contribution in [2.75, 3.05) is 14.2 Å². The molecule has 7 heteroatoms. The van der Waals surface area contributed by atoms with E-state index in [4.69, 9.17) is 18.6 Å². The second-order valence-electron chi connectivity index (χ2n) is 9.89. The van der Waals surface area contributed by atoms with E-state index in [9.17, 15) is 9.59 Å². The number of carbonyl (C=O) groups is 2. The molecule has 36 heavy (non-hydrogen) atoms. The fraction of sp³-hybridized carbons (Fsp3) is 0.448. The van der Waals surface area contributed by atoms with E-state index in [0.717, 1.165) is 42.7 Å². The first-order chi connectivity index (χ1) is 17.4. The average molecular weight is 492 g/mol. The average Bonchev–Trinajstić information content (AvgIpc) is 3.54. The highest BCUT2D eigenvalue weighted by molar-refractivity contribution is 6.04. The van der Waals surface area contributed by atoms with E-state index in [1.807, 2.05) is 44.2 Å². The van der Waals surface area contributed by atoms with Crippen LogP contribution in [-0.4, -0.2) is 32.1 Å². The first-order valence-corrected chi connectivity index (χ1v) is 12.6. The van der Waals surface area contributed by atoms with Crippen molar-refractivity contribution in [3.8, 4) is 11.5 Å². The van der Waals surface area contributed by atoms with E-state index in [-0.39, 0.29) is 23.8 Å². The summed E-state index contributed by atoms with van der Waals surface area (Å²) in [6.07, 6.45) is 4.81. The lowest BCUT2D eigenvalue weighted by Crippen LogP contribution is -2.36. The monoisotopic (exact) mass is 491 g/mol. The zero-order valence-electron chi connectivity index (χ0n) is 21.3. The van der Waals surface area contributed by atoms with Crippen molar-refractivity contribution in [2.24, 2.45) is 0 Å². The zero-order chi connectivity index (χ0) is 25.4. The lowest BCUT2D eigenvalue weighted by atomic mass is 9.73. The van der Waals surface area contributed by atoms with E-state index in [1.165, 1.54) is 0 Å². The van der Waals surface area contributed by atoms with E-state index in [0.29, 0.717) is 46.9 Å². The number of furan rings is 1. The molecule has 1 N–H and O–H groups in total. The predicted octanol–water partition coefficient (Wildman–Crippen LogP) is 5.45. The Bertz CT molecular complexity index is 1250. The van der Waals surface area contributed by atoms with Gasteiger partial charge in [-0.1, -0.05) is 6.07 Å². The first kappa shape index (κ1) is 24.2. The molecular formula is C29H33NO6. The van der Waals surface area contributed by atoms with Gasteiger partial charge in [0.2, 0.25) is 0 Å². The molecule has 190 valence electrons. The van der Waals surface area contributed by atoms with Crippen molar-refractivity contribution in [2.45, 2.75) is 70.3 Å². The molecule has 1 aromatic carbocycles. The summed E-state index contributed by atoms with van der Waals surface area (Å²) in [4.78, 5) is 27.2. The maximum atomic E-state index is 13.7. The van der Waals surface area contributed by atoms with Gasteiger partial charge >= 0.3 is 5.97 Å². The standard InChI is InChI=1S/C29H33NO6/c1-16-9-11-24(35-16)28-26(29(32)36-20-7-5-6-8-20)17(2)30-21-13-19(14-22(31)27(21)28)18-10-12-23(33-3)25(15-18)34-4/h9-12,15,19-20,28,30H,5-8,13-14H2,1-4H3/t19-,28-/m0/s1. The highest BCUT2D eigenvalue weighted by atomic mass is 16.5. The van der Waals surface area contributed by atoms with Crippen molar-refractivity contribution in [1.29, 1.82) is 0 Å². The number of nitrogens with one attached hydrogen (secondary N) is 1. The van der Waals surface area contributed by atoms with Crippen LogP contribution in [0.25, 0.3) is 0 Å². The number of hydrogen-bond donors (Lipinski definition) is 1. The minimum atomic E-state index is -0.581. The Morgan fingerprint density at radius 1 is 1.00 bits per heavy atom. The largest absolute Gasteiger partial charge is 0.493 e. The number of methoxy groups -OCH3 is 2. The van der Waals surface area contributed by atoms with Gasteiger partial charge in [0.15, 0.2) is 17.3 Å². The summed E-state index contributed by atoms with van der Waals surface area (Å²) in [5.41, 5.74) is 3.61. The van der Waals surface area contributed by atoms with Gasteiger partial charge in [0.1, 0.15) is 17.6 Å². The Morgan fingerprint density at radius 3 is 2.42 bits per heavy atom. The molecule has 2 heterocycles. The molecule has 0 amide bonds. The lowest BCUT2D eigenvalue weighted by molar-refractivity contribution is -0.144. The SMILES string of the molecule is COc1ccc([C@@H]2CC(=O)C3=C(C2)NC(C)=C(C(=O)OC2CCCC2)[C@@H]3c2ccc(C)o2)cc1OC. The molecule has 0 unspecified atom stereocenters. The van der Waals surface area contributed by atoms with Crippen LogP contribution in [-0.2, 0) is 14.3 Å². The van der Waals surface area contributed by atoms with Gasteiger partial charge in [-0.05, 0) is 81.7 Å². The number of rotatable bonds is 6. The molecule has 2 aliphatic carbocycles. The lowest BCUT2D eigenvalue weighted by Gasteiger charge is -2.36. The molecule has 0 spiro atoms. The van der Waals surface area contributed by atoms with Gasteiger partial charge in [-0.2, -0.15) is 0 Å². The number of hydrogen-bond acceptors (Lipinski definition) is 7. The highest BCUT2D eigenvalue weighted by Gasteiger charge is 2.43. The summed E-state index contributed by atoms with van der Waals surface area (Å²) < 4.78 is 22.7. The second-order valence-corrected chi connectivity index (χ2v) is 9.89. The fourth-order valence-electron chi connectivity index (χ4n) is 5.77. The molecule has 0 saturated heterocycles. The van der Waals surface area contributed by atoms with Crippen LogP contribution in [0.4, 0.5) is 0 Å². The molecule has 0 bridgehead atoms. The molecule has 1 aromatic heterocycles. The second kappa shape index (κ2) is 9.88. The Morgan fingerprint density at radius 2 is 1.75 bits per heavy atom. The number of dihydropyridines is 1. The van der Waals surface area contributed by atoms with Gasteiger partial charge in [-0.15, -0.1) is 0 Å². The maximum absolute atomic E-state index is 13.7. The van der Waals surface area contributed by atoms with Gasteiger partial charge in [0.25, 0.3) is 0 Å². The van der Waals surface area contributed by atoms with Crippen LogP contribution in [0.5, 0.6) is 11.5 Å². The summed E-state index contributed by atoms with van der Waals surface area (Å²) in [5.74, 6) is 1.64. The van der Waals surface area contributed by atoms with Crippen LogP contribution in [0.1, 0.15) is 74.4 Å². The van der Waals surface area contributed by atoms with Gasteiger partial charge in [0.05, 0.1) is 25.7 Å². The van der Waals surface area contributed by atoms with Crippen LogP contribution >= 0.6 is 0 Å². The molecule has 3 aliphatic rings. The van der Waals surface area contributed by atoms with Gasteiger partial charge in [-0.25, -0.2) is 4.79 Å². The summed E-state index contributed by atoms with van der Waals surface area (Å²) >= 11 is 0. The van der Waals surface area contributed by atoms with Gasteiger partial charge in [-0.3, -0.25) is 4.79 Å². The quantitative estimate of drug-likeness (QED) is 0.538. The molecular weight excluding hydrogens is 458 g/mol. The van der Waals surface area contributed by atoms with Crippen molar-refractivity contribution in [3.63, 3.8) is 0 Å². The topological polar surface area (TPSA) is 87.0 Å². The third-order valence-corrected chi connectivity index (χ3v) is 7.55. The van der Waals surface area contributed by atoms with Crippen LogP contribution in [0.3, 0.4) is 0 Å². The molecule has 1 fully saturated rings. The molecule has 2 atom stereocenters. The van der Waals surface area contributed by atoms with E-state index in [1.54, 1.807) is 14.2 Å². The summed E-state index contributed by atoms with van der Waals surface area (Å²) in [6.45, 7) is 3.74. The fourth-order valence-corrected chi connectivity index (χ4v) is 5.77. The number of ketones is 1. The molecule has 5 rings (SSSR count). The number of aryl methyl sites for hydroxylation is 1. The number of carbonyl (C=O) groups excluding carboxylic acids is 2. The normalized spacial score (nSPS) is 22.4. The first-order valence-electron chi connectivity index (χ1n) is 12.6. The third-order valence-electron chi connectivity index (χ3n) is 7.55. The zero-order valence-corrected chi connectivity index (χ0v) is 21.3. The smallest absolute Gasteiger partial charge is 0.337 e. The minimum Gasteiger partial charge on any atom is -0.493 e. The van der Waals surface area contributed by atoms with Crippen molar-refractivity contribution < 1.29 is 28.2 Å². The molecule has 1 aliphatic heterocycles. The number of esters is 1.